The average Bonchev–Trinajstić information content (AvgIpc) is 2.36. The molecule has 0 aliphatic heterocycles. The van der Waals surface area contributed by atoms with Crippen molar-refractivity contribution in [1.29, 1.82) is 10.7 Å². The zero-order valence-corrected chi connectivity index (χ0v) is 12.9. The van der Waals surface area contributed by atoms with E-state index in [9.17, 15) is 9.18 Å². The standard InChI is InChI=1S/C17H18FN3O/c1-10(20)16-14(7-17(2,3)8-15(16)22)21-12-5-4-11(9-19)13(18)6-12/h4-6,20-21H,7-8H2,1-3H3. The molecule has 1 aliphatic rings. The van der Waals surface area contributed by atoms with E-state index in [1.54, 1.807) is 19.1 Å². The number of ketones is 1. The lowest BCUT2D eigenvalue weighted by molar-refractivity contribution is -0.117. The number of nitriles is 1. The lowest BCUT2D eigenvalue weighted by atomic mass is 9.75. The molecule has 2 N–H and O–H groups in total. The van der Waals surface area contributed by atoms with E-state index in [1.807, 2.05) is 13.8 Å². The van der Waals surface area contributed by atoms with Crippen LogP contribution < -0.4 is 5.32 Å². The normalized spacial score (nSPS) is 17.1. The molecule has 22 heavy (non-hydrogen) atoms. The van der Waals surface area contributed by atoms with Crippen LogP contribution >= 0.6 is 0 Å². The third kappa shape index (κ3) is 3.22. The summed E-state index contributed by atoms with van der Waals surface area (Å²) in [5, 5.41) is 19.6. The zero-order chi connectivity index (χ0) is 16.5. The van der Waals surface area contributed by atoms with Gasteiger partial charge in [0.15, 0.2) is 5.78 Å². The maximum atomic E-state index is 13.7. The van der Waals surface area contributed by atoms with Gasteiger partial charge >= 0.3 is 0 Å². The van der Waals surface area contributed by atoms with Gasteiger partial charge in [0.2, 0.25) is 0 Å². The summed E-state index contributed by atoms with van der Waals surface area (Å²) in [6.45, 7) is 5.55. The second-order valence-corrected chi connectivity index (χ2v) is 6.35. The number of carbonyl (C=O) groups excluding carboxylic acids is 1. The van der Waals surface area contributed by atoms with Crippen LogP contribution in [-0.2, 0) is 4.79 Å². The van der Waals surface area contributed by atoms with Crippen LogP contribution in [0.2, 0.25) is 0 Å². The summed E-state index contributed by atoms with van der Waals surface area (Å²) in [4.78, 5) is 12.3. The smallest absolute Gasteiger partial charge is 0.166 e. The van der Waals surface area contributed by atoms with E-state index in [2.05, 4.69) is 5.32 Å². The molecule has 0 radical (unpaired) electrons. The highest BCUT2D eigenvalue weighted by atomic mass is 19.1. The molecule has 0 bridgehead atoms. The number of halogens is 1. The minimum absolute atomic E-state index is 0.0250. The van der Waals surface area contributed by atoms with Crippen LogP contribution in [0.1, 0.15) is 39.2 Å². The van der Waals surface area contributed by atoms with Crippen LogP contribution in [0.4, 0.5) is 10.1 Å². The molecule has 0 heterocycles. The van der Waals surface area contributed by atoms with E-state index >= 15 is 0 Å². The van der Waals surface area contributed by atoms with Gasteiger partial charge < -0.3 is 10.7 Å². The number of Topliss-reactive ketones (excluding diaryl/α,β-unsaturated/α-hetero) is 1. The first-order valence-electron chi connectivity index (χ1n) is 7.02. The van der Waals surface area contributed by atoms with Gasteiger partial charge in [0.1, 0.15) is 11.9 Å². The van der Waals surface area contributed by atoms with Crippen LogP contribution in [0.5, 0.6) is 0 Å². The summed E-state index contributed by atoms with van der Waals surface area (Å²) in [5.41, 5.74) is 1.46. The second-order valence-electron chi connectivity index (χ2n) is 6.35. The van der Waals surface area contributed by atoms with E-state index in [1.165, 1.54) is 12.1 Å². The van der Waals surface area contributed by atoms with Crippen molar-refractivity contribution < 1.29 is 9.18 Å². The number of nitrogens with zero attached hydrogens (tertiary/aromatic N) is 1. The topological polar surface area (TPSA) is 76.7 Å². The molecule has 1 aliphatic carbocycles. The molecular formula is C17H18FN3O. The molecule has 1 aromatic carbocycles. The van der Waals surface area contributed by atoms with Crippen LogP contribution in [0.25, 0.3) is 0 Å². The molecule has 0 saturated heterocycles. The van der Waals surface area contributed by atoms with Gasteiger partial charge in [-0.3, -0.25) is 4.79 Å². The third-order valence-corrected chi connectivity index (χ3v) is 3.63. The van der Waals surface area contributed by atoms with Crippen molar-refractivity contribution in [2.45, 2.75) is 33.6 Å². The molecule has 0 aromatic heterocycles. The Labute approximate surface area is 129 Å². The Hall–Kier alpha value is -2.48. The van der Waals surface area contributed by atoms with Crippen LogP contribution in [-0.4, -0.2) is 11.5 Å². The molecule has 5 heteroatoms. The Bertz CT molecular complexity index is 726. The number of hydrogen-bond donors (Lipinski definition) is 2. The maximum absolute atomic E-state index is 13.7. The Kier molecular flexibility index (Phi) is 4.14. The van der Waals surface area contributed by atoms with Crippen molar-refractivity contribution in [3.63, 3.8) is 0 Å². The van der Waals surface area contributed by atoms with Crippen molar-refractivity contribution in [2.75, 3.05) is 5.32 Å². The number of nitrogens with one attached hydrogen (secondary N) is 2. The summed E-state index contributed by atoms with van der Waals surface area (Å²) in [6, 6.07) is 5.99. The number of hydrogen-bond acceptors (Lipinski definition) is 4. The predicted octanol–water partition coefficient (Wildman–Crippen LogP) is 3.79. The van der Waals surface area contributed by atoms with E-state index in [0.29, 0.717) is 29.8 Å². The number of benzene rings is 1. The molecule has 1 aromatic rings. The van der Waals surface area contributed by atoms with E-state index in [-0.39, 0.29) is 22.5 Å². The molecule has 2 rings (SSSR count). The third-order valence-electron chi connectivity index (χ3n) is 3.63. The largest absolute Gasteiger partial charge is 0.358 e. The first-order valence-corrected chi connectivity index (χ1v) is 7.02. The van der Waals surface area contributed by atoms with Gasteiger partial charge in [-0.1, -0.05) is 13.8 Å². The summed E-state index contributed by atoms with van der Waals surface area (Å²) >= 11 is 0. The molecule has 0 spiro atoms. The maximum Gasteiger partial charge on any atom is 0.166 e. The quantitative estimate of drug-likeness (QED) is 0.834. The highest BCUT2D eigenvalue weighted by Gasteiger charge is 2.33. The lowest BCUT2D eigenvalue weighted by Crippen LogP contribution is -2.30. The fraction of sp³-hybridized carbons (Fsp3) is 0.353. The first-order chi connectivity index (χ1) is 10.2. The van der Waals surface area contributed by atoms with Crippen molar-refractivity contribution in [2.24, 2.45) is 5.41 Å². The van der Waals surface area contributed by atoms with Gasteiger partial charge in [0.25, 0.3) is 0 Å². The van der Waals surface area contributed by atoms with Crippen molar-refractivity contribution in [1.82, 2.24) is 0 Å². The van der Waals surface area contributed by atoms with Crippen molar-refractivity contribution in [3.8, 4) is 6.07 Å². The lowest BCUT2D eigenvalue weighted by Gasteiger charge is -2.32. The predicted molar refractivity (Wildman–Crippen MR) is 83.2 cm³/mol. The SMILES string of the molecule is CC(=N)C1=C(Nc2ccc(C#N)c(F)c2)CC(C)(C)CC1=O. The van der Waals surface area contributed by atoms with Crippen LogP contribution in [0.15, 0.2) is 29.5 Å². The van der Waals surface area contributed by atoms with Crippen LogP contribution in [0.3, 0.4) is 0 Å². The Morgan fingerprint density at radius 3 is 2.64 bits per heavy atom. The number of carbonyl (C=O) groups is 1. The minimum atomic E-state index is -0.609. The minimum Gasteiger partial charge on any atom is -0.358 e. The van der Waals surface area contributed by atoms with Gasteiger partial charge in [0.05, 0.1) is 11.1 Å². The van der Waals surface area contributed by atoms with E-state index < -0.39 is 5.82 Å². The van der Waals surface area contributed by atoms with Gasteiger partial charge in [-0.2, -0.15) is 5.26 Å². The first kappa shape index (κ1) is 15.9. The molecular weight excluding hydrogens is 281 g/mol. The summed E-state index contributed by atoms with van der Waals surface area (Å²) in [6.07, 6.45) is 0.997. The molecule has 0 atom stereocenters. The van der Waals surface area contributed by atoms with Gasteiger partial charge in [-0.05, 0) is 37.0 Å². The molecule has 0 unspecified atom stereocenters. The summed E-state index contributed by atoms with van der Waals surface area (Å²) in [5.74, 6) is -0.678. The highest BCUT2D eigenvalue weighted by molar-refractivity contribution is 6.21. The molecule has 0 amide bonds. The highest BCUT2D eigenvalue weighted by Crippen LogP contribution is 2.37. The average molecular weight is 299 g/mol. The fourth-order valence-electron chi connectivity index (χ4n) is 2.72. The second kappa shape index (κ2) is 5.72. The summed E-state index contributed by atoms with van der Waals surface area (Å²) < 4.78 is 13.7. The molecule has 0 saturated carbocycles. The fourth-order valence-corrected chi connectivity index (χ4v) is 2.72. The van der Waals surface area contributed by atoms with Gasteiger partial charge in [-0.15, -0.1) is 0 Å². The number of allylic oxidation sites excluding steroid dienone is 2. The molecule has 114 valence electrons. The number of anilines is 1. The van der Waals surface area contributed by atoms with E-state index in [0.717, 1.165) is 0 Å². The molecule has 0 fully saturated rings. The Morgan fingerprint density at radius 1 is 1.41 bits per heavy atom. The van der Waals surface area contributed by atoms with Crippen LogP contribution in [0, 0.1) is 28.0 Å². The van der Waals surface area contributed by atoms with Gasteiger partial charge in [-0.25, -0.2) is 4.39 Å². The van der Waals surface area contributed by atoms with Crippen molar-refractivity contribution in [3.05, 3.63) is 40.8 Å². The summed E-state index contributed by atoms with van der Waals surface area (Å²) in [7, 11) is 0. The molecule has 4 nitrogen and oxygen atoms in total. The van der Waals surface area contributed by atoms with E-state index in [4.69, 9.17) is 10.7 Å². The van der Waals surface area contributed by atoms with Gasteiger partial charge in [0, 0.05) is 23.5 Å². The van der Waals surface area contributed by atoms with Crippen molar-refractivity contribution >= 4 is 17.2 Å². The zero-order valence-electron chi connectivity index (χ0n) is 12.9. The monoisotopic (exact) mass is 299 g/mol. The Balaban J connectivity index is 2.42. The number of rotatable bonds is 3. The Morgan fingerprint density at radius 2 is 2.09 bits per heavy atom.